The van der Waals surface area contributed by atoms with E-state index in [1.54, 1.807) is 25.2 Å². The molecule has 1 atom stereocenters. The number of amides is 1. The Labute approximate surface area is 195 Å². The van der Waals surface area contributed by atoms with E-state index in [-0.39, 0.29) is 17.1 Å². The molecule has 0 saturated carbocycles. The van der Waals surface area contributed by atoms with Gasteiger partial charge < -0.3 is 18.8 Å². The normalized spacial score (nSPS) is 15.5. The molecule has 2 aromatic carbocycles. The van der Waals surface area contributed by atoms with Crippen LogP contribution in [0.5, 0.6) is 11.5 Å². The second-order valence-electron chi connectivity index (χ2n) is 8.30. The molecule has 7 heteroatoms. The van der Waals surface area contributed by atoms with E-state index < -0.39 is 6.04 Å². The van der Waals surface area contributed by atoms with Gasteiger partial charge in [0.15, 0.2) is 16.9 Å². The van der Waals surface area contributed by atoms with Crippen LogP contribution in [0, 0.1) is 5.92 Å². The topological polar surface area (TPSA) is 69.0 Å². The molecule has 168 valence electrons. The lowest BCUT2D eigenvalue weighted by molar-refractivity contribution is 0.0771. The summed E-state index contributed by atoms with van der Waals surface area (Å²) < 4.78 is 18.4. The summed E-state index contributed by atoms with van der Waals surface area (Å²) in [6.45, 7) is 7.26. The number of benzene rings is 2. The van der Waals surface area contributed by atoms with Gasteiger partial charge in [0.25, 0.3) is 5.91 Å². The van der Waals surface area contributed by atoms with Gasteiger partial charge in [-0.05, 0) is 55.2 Å². The molecule has 1 amide bonds. The quantitative estimate of drug-likeness (QED) is 0.425. The number of hydrogen-bond acceptors (Lipinski definition) is 5. The maximum Gasteiger partial charge on any atom is 0.290 e. The minimum atomic E-state index is -0.568. The molecule has 6 nitrogen and oxygen atoms in total. The average molecular weight is 500 g/mol. The summed E-state index contributed by atoms with van der Waals surface area (Å²) in [5, 5.41) is 0.435. The van der Waals surface area contributed by atoms with Crippen LogP contribution in [0.4, 0.5) is 0 Å². The van der Waals surface area contributed by atoms with Crippen LogP contribution in [0.3, 0.4) is 0 Å². The predicted octanol–water partition coefficient (Wildman–Crippen LogP) is 5.55. The van der Waals surface area contributed by atoms with Crippen molar-refractivity contribution in [3.8, 4) is 11.5 Å². The fourth-order valence-electron chi connectivity index (χ4n) is 3.94. The van der Waals surface area contributed by atoms with Crippen molar-refractivity contribution in [1.29, 1.82) is 0 Å². The van der Waals surface area contributed by atoms with Crippen molar-refractivity contribution < 1.29 is 18.7 Å². The molecule has 1 aromatic heterocycles. The van der Waals surface area contributed by atoms with E-state index in [0.717, 1.165) is 16.5 Å². The molecule has 3 aromatic rings. The van der Waals surface area contributed by atoms with Crippen molar-refractivity contribution in [2.75, 3.05) is 20.3 Å². The molecule has 0 aliphatic carbocycles. The number of ether oxygens (including phenoxy) is 2. The number of nitrogens with zero attached hydrogens (tertiary/aromatic N) is 1. The van der Waals surface area contributed by atoms with Crippen LogP contribution < -0.4 is 14.9 Å². The molecule has 1 aliphatic rings. The highest BCUT2D eigenvalue weighted by molar-refractivity contribution is 9.10. The van der Waals surface area contributed by atoms with Crippen LogP contribution >= 0.6 is 15.9 Å². The standard InChI is InChI=1S/C25H26BrNO5/c1-5-30-20-12-15(6-8-19(20)31-11-10-14(2)3)22-21-23(28)17-13-16(26)7-9-18(17)32-24(21)25(29)27(22)4/h6-9,12-14,22H,5,10-11H2,1-4H3. The molecular formula is C25H26BrNO5. The van der Waals surface area contributed by atoms with Gasteiger partial charge in [-0.2, -0.15) is 0 Å². The first-order valence-corrected chi connectivity index (χ1v) is 11.5. The predicted molar refractivity (Wildman–Crippen MR) is 127 cm³/mol. The third-order valence-corrected chi connectivity index (χ3v) is 6.09. The summed E-state index contributed by atoms with van der Waals surface area (Å²) in [7, 11) is 1.68. The number of hydrogen-bond donors (Lipinski definition) is 0. The van der Waals surface area contributed by atoms with E-state index in [9.17, 15) is 9.59 Å². The highest BCUT2D eigenvalue weighted by Crippen LogP contribution is 2.40. The van der Waals surface area contributed by atoms with Crippen molar-refractivity contribution in [2.45, 2.75) is 33.2 Å². The Morgan fingerprint density at radius 2 is 1.88 bits per heavy atom. The maximum atomic E-state index is 13.4. The van der Waals surface area contributed by atoms with Crippen LogP contribution in [-0.2, 0) is 0 Å². The van der Waals surface area contributed by atoms with Crippen molar-refractivity contribution in [3.63, 3.8) is 0 Å². The van der Waals surface area contributed by atoms with Gasteiger partial charge in [-0.3, -0.25) is 9.59 Å². The maximum absolute atomic E-state index is 13.4. The number of carbonyl (C=O) groups excluding carboxylic acids is 1. The fourth-order valence-corrected chi connectivity index (χ4v) is 4.30. The summed E-state index contributed by atoms with van der Waals surface area (Å²) in [4.78, 5) is 27.9. The number of carbonyl (C=O) groups is 1. The zero-order valence-corrected chi connectivity index (χ0v) is 20.2. The van der Waals surface area contributed by atoms with E-state index in [2.05, 4.69) is 29.8 Å². The Morgan fingerprint density at radius 3 is 2.59 bits per heavy atom. The molecule has 0 N–H and O–H groups in total. The minimum Gasteiger partial charge on any atom is -0.490 e. The fraction of sp³-hybridized carbons (Fsp3) is 0.360. The third kappa shape index (κ3) is 4.01. The summed E-state index contributed by atoms with van der Waals surface area (Å²) in [6, 6.07) is 10.2. The van der Waals surface area contributed by atoms with E-state index >= 15 is 0 Å². The van der Waals surface area contributed by atoms with Gasteiger partial charge in [0, 0.05) is 11.5 Å². The largest absolute Gasteiger partial charge is 0.490 e. The Balaban J connectivity index is 1.80. The Hall–Kier alpha value is -2.80. The molecule has 0 spiro atoms. The molecule has 0 saturated heterocycles. The summed E-state index contributed by atoms with van der Waals surface area (Å²) >= 11 is 3.41. The molecule has 2 heterocycles. The first-order chi connectivity index (χ1) is 15.3. The van der Waals surface area contributed by atoms with Crippen molar-refractivity contribution in [1.82, 2.24) is 4.90 Å². The van der Waals surface area contributed by atoms with Gasteiger partial charge in [-0.15, -0.1) is 0 Å². The van der Waals surface area contributed by atoms with Gasteiger partial charge in [0.2, 0.25) is 5.76 Å². The molecule has 32 heavy (non-hydrogen) atoms. The number of halogens is 1. The molecule has 1 aliphatic heterocycles. The van der Waals surface area contributed by atoms with E-state index in [0.29, 0.717) is 47.2 Å². The highest BCUT2D eigenvalue weighted by atomic mass is 79.9. The first-order valence-electron chi connectivity index (χ1n) is 10.7. The van der Waals surface area contributed by atoms with Crippen LogP contribution in [0.15, 0.2) is 50.1 Å². The molecule has 4 rings (SSSR count). The van der Waals surface area contributed by atoms with Crippen molar-refractivity contribution >= 4 is 32.8 Å². The van der Waals surface area contributed by atoms with E-state index in [4.69, 9.17) is 13.9 Å². The molecule has 1 unspecified atom stereocenters. The second kappa shape index (κ2) is 8.98. The zero-order valence-electron chi connectivity index (χ0n) is 18.6. The third-order valence-electron chi connectivity index (χ3n) is 5.60. The summed E-state index contributed by atoms with van der Waals surface area (Å²) in [6.07, 6.45) is 0.935. The zero-order chi connectivity index (χ0) is 23.0. The average Bonchev–Trinajstić information content (AvgIpc) is 3.00. The smallest absolute Gasteiger partial charge is 0.290 e. The molecule has 0 fully saturated rings. The van der Waals surface area contributed by atoms with Crippen LogP contribution in [0.1, 0.15) is 54.9 Å². The lowest BCUT2D eigenvalue weighted by Crippen LogP contribution is -2.25. The van der Waals surface area contributed by atoms with Gasteiger partial charge in [-0.1, -0.05) is 35.8 Å². The first kappa shape index (κ1) is 22.4. The Kier molecular flexibility index (Phi) is 6.29. The SMILES string of the molecule is CCOc1cc(C2c3c(oc4ccc(Br)cc4c3=O)C(=O)N2C)ccc1OCCC(C)C. The Bertz CT molecular complexity index is 1230. The molecule has 0 radical (unpaired) electrons. The molecular weight excluding hydrogens is 474 g/mol. The monoisotopic (exact) mass is 499 g/mol. The van der Waals surface area contributed by atoms with Crippen molar-refractivity contribution in [3.05, 3.63) is 68.0 Å². The lowest BCUT2D eigenvalue weighted by Gasteiger charge is -2.22. The summed E-state index contributed by atoms with van der Waals surface area (Å²) in [5.41, 5.74) is 1.30. The van der Waals surface area contributed by atoms with E-state index in [1.807, 2.05) is 25.1 Å². The second-order valence-corrected chi connectivity index (χ2v) is 9.22. The van der Waals surface area contributed by atoms with Gasteiger partial charge in [0.1, 0.15) is 5.58 Å². The number of rotatable bonds is 7. The van der Waals surface area contributed by atoms with Crippen LogP contribution in [0.25, 0.3) is 11.0 Å². The Morgan fingerprint density at radius 1 is 1.09 bits per heavy atom. The molecule has 0 bridgehead atoms. The van der Waals surface area contributed by atoms with Gasteiger partial charge in [-0.25, -0.2) is 0 Å². The van der Waals surface area contributed by atoms with E-state index in [1.165, 1.54) is 4.90 Å². The van der Waals surface area contributed by atoms with Crippen LogP contribution in [0.2, 0.25) is 0 Å². The summed E-state index contributed by atoms with van der Waals surface area (Å²) in [5.74, 6) is 1.55. The number of fused-ring (bicyclic) bond motifs is 2. The van der Waals surface area contributed by atoms with Crippen LogP contribution in [-0.4, -0.2) is 31.1 Å². The van der Waals surface area contributed by atoms with Gasteiger partial charge in [0.05, 0.1) is 30.2 Å². The highest BCUT2D eigenvalue weighted by Gasteiger charge is 2.41. The lowest BCUT2D eigenvalue weighted by atomic mass is 9.98. The minimum absolute atomic E-state index is 0.0903. The van der Waals surface area contributed by atoms with Gasteiger partial charge >= 0.3 is 0 Å². The van der Waals surface area contributed by atoms with Crippen molar-refractivity contribution in [2.24, 2.45) is 5.92 Å².